The van der Waals surface area contributed by atoms with Crippen molar-refractivity contribution < 1.29 is 4.79 Å². The molecule has 104 valence electrons. The molecule has 0 radical (unpaired) electrons. The molecular weight excluding hydrogens is 252 g/mol. The second kappa shape index (κ2) is 6.19. The van der Waals surface area contributed by atoms with Crippen molar-refractivity contribution in [1.29, 1.82) is 0 Å². The zero-order valence-electron chi connectivity index (χ0n) is 11.7. The minimum Gasteiger partial charge on any atom is -0.352 e. The Balaban J connectivity index is 1.99. The van der Waals surface area contributed by atoms with Crippen LogP contribution in [0.5, 0.6) is 0 Å². The Hall–Kier alpha value is -2.36. The van der Waals surface area contributed by atoms with Crippen LogP contribution in [-0.2, 0) is 6.42 Å². The lowest BCUT2D eigenvalue weighted by Gasteiger charge is -2.07. The summed E-state index contributed by atoms with van der Waals surface area (Å²) in [6.45, 7) is 4.19. The van der Waals surface area contributed by atoms with E-state index in [0.717, 1.165) is 23.2 Å². The van der Waals surface area contributed by atoms with Crippen molar-refractivity contribution in [3.05, 3.63) is 69.1 Å². The minimum absolute atomic E-state index is 0.168. The second-order valence-electron chi connectivity index (χ2n) is 4.81. The van der Waals surface area contributed by atoms with E-state index in [4.69, 9.17) is 0 Å². The van der Waals surface area contributed by atoms with Crippen molar-refractivity contribution in [3.63, 3.8) is 0 Å². The number of pyridine rings is 1. The fourth-order valence-electron chi connectivity index (χ4n) is 1.96. The van der Waals surface area contributed by atoms with E-state index in [1.54, 1.807) is 6.07 Å². The molecule has 2 aromatic rings. The van der Waals surface area contributed by atoms with Crippen LogP contribution in [0, 0.1) is 13.8 Å². The number of amides is 1. The number of nitrogens with one attached hydrogen (secondary N) is 2. The van der Waals surface area contributed by atoms with E-state index in [2.05, 4.69) is 10.3 Å². The van der Waals surface area contributed by atoms with Gasteiger partial charge in [-0.2, -0.15) is 0 Å². The van der Waals surface area contributed by atoms with Crippen LogP contribution in [0.1, 0.15) is 27.2 Å². The normalized spacial score (nSPS) is 10.3. The third kappa shape index (κ3) is 3.35. The van der Waals surface area contributed by atoms with E-state index >= 15 is 0 Å². The van der Waals surface area contributed by atoms with Gasteiger partial charge in [0.1, 0.15) is 5.56 Å². The Morgan fingerprint density at radius 2 is 1.90 bits per heavy atom. The van der Waals surface area contributed by atoms with Gasteiger partial charge in [-0.3, -0.25) is 9.59 Å². The van der Waals surface area contributed by atoms with E-state index < -0.39 is 0 Å². The van der Waals surface area contributed by atoms with Gasteiger partial charge in [0.25, 0.3) is 11.5 Å². The topological polar surface area (TPSA) is 62.0 Å². The molecule has 0 aliphatic rings. The van der Waals surface area contributed by atoms with Crippen molar-refractivity contribution in [3.8, 4) is 0 Å². The standard InChI is InChI=1S/C16H18N2O2/c1-11-10-14(16(20)18-12(11)2)15(19)17-9-8-13-6-4-3-5-7-13/h3-7,10H,8-9H2,1-2H3,(H,17,19)(H,18,20). The minimum atomic E-state index is -0.342. The lowest BCUT2D eigenvalue weighted by Crippen LogP contribution is -2.31. The van der Waals surface area contributed by atoms with Crippen LogP contribution in [0.3, 0.4) is 0 Å². The first kappa shape index (κ1) is 14.1. The van der Waals surface area contributed by atoms with E-state index in [1.165, 1.54) is 0 Å². The van der Waals surface area contributed by atoms with Gasteiger partial charge in [-0.1, -0.05) is 30.3 Å². The summed E-state index contributed by atoms with van der Waals surface area (Å²) in [4.78, 5) is 26.4. The molecule has 0 spiro atoms. The molecule has 1 heterocycles. The van der Waals surface area contributed by atoms with Crippen LogP contribution in [0.15, 0.2) is 41.2 Å². The molecule has 0 fully saturated rings. The third-order valence-electron chi connectivity index (χ3n) is 3.28. The molecule has 2 N–H and O–H groups in total. The predicted octanol–water partition coefficient (Wildman–Crippen LogP) is 1.96. The van der Waals surface area contributed by atoms with Gasteiger partial charge < -0.3 is 10.3 Å². The molecular formula is C16H18N2O2. The average molecular weight is 270 g/mol. The summed E-state index contributed by atoms with van der Waals surface area (Å²) in [6, 6.07) is 11.5. The summed E-state index contributed by atoms with van der Waals surface area (Å²) in [5.74, 6) is -0.328. The lowest BCUT2D eigenvalue weighted by atomic mass is 10.1. The summed E-state index contributed by atoms with van der Waals surface area (Å²) < 4.78 is 0. The summed E-state index contributed by atoms with van der Waals surface area (Å²) in [5, 5.41) is 2.78. The summed E-state index contributed by atoms with van der Waals surface area (Å²) in [7, 11) is 0. The average Bonchev–Trinajstić information content (AvgIpc) is 2.44. The van der Waals surface area contributed by atoms with Gasteiger partial charge >= 0.3 is 0 Å². The van der Waals surface area contributed by atoms with Crippen molar-refractivity contribution in [1.82, 2.24) is 10.3 Å². The SMILES string of the molecule is Cc1cc(C(=O)NCCc2ccccc2)c(=O)[nH]c1C. The molecule has 1 aromatic heterocycles. The van der Waals surface area contributed by atoms with Gasteiger partial charge in [0.2, 0.25) is 0 Å². The smallest absolute Gasteiger partial charge is 0.261 e. The highest BCUT2D eigenvalue weighted by Gasteiger charge is 2.11. The molecule has 4 nitrogen and oxygen atoms in total. The quantitative estimate of drug-likeness (QED) is 0.892. The van der Waals surface area contributed by atoms with Crippen LogP contribution in [0.2, 0.25) is 0 Å². The van der Waals surface area contributed by atoms with Gasteiger partial charge in [0.15, 0.2) is 0 Å². The monoisotopic (exact) mass is 270 g/mol. The molecule has 0 saturated heterocycles. The maximum atomic E-state index is 12.0. The molecule has 2 rings (SSSR count). The number of hydrogen-bond donors (Lipinski definition) is 2. The Labute approximate surface area is 117 Å². The van der Waals surface area contributed by atoms with Crippen molar-refractivity contribution >= 4 is 5.91 Å². The molecule has 4 heteroatoms. The van der Waals surface area contributed by atoms with Crippen LogP contribution in [0.25, 0.3) is 0 Å². The first-order valence-corrected chi connectivity index (χ1v) is 6.60. The lowest BCUT2D eigenvalue weighted by molar-refractivity contribution is 0.0952. The third-order valence-corrected chi connectivity index (χ3v) is 3.28. The molecule has 0 aliphatic heterocycles. The number of aryl methyl sites for hydroxylation is 2. The molecule has 1 aromatic carbocycles. The fraction of sp³-hybridized carbons (Fsp3) is 0.250. The Morgan fingerprint density at radius 1 is 1.20 bits per heavy atom. The number of H-pyrrole nitrogens is 1. The van der Waals surface area contributed by atoms with Gasteiger partial charge in [0.05, 0.1) is 0 Å². The zero-order chi connectivity index (χ0) is 14.5. The maximum Gasteiger partial charge on any atom is 0.261 e. The Bertz CT molecular complexity index is 660. The van der Waals surface area contributed by atoms with Crippen LogP contribution in [0.4, 0.5) is 0 Å². The van der Waals surface area contributed by atoms with Crippen LogP contribution >= 0.6 is 0 Å². The molecule has 0 unspecified atom stereocenters. The molecule has 20 heavy (non-hydrogen) atoms. The summed E-state index contributed by atoms with van der Waals surface area (Å²) >= 11 is 0. The van der Waals surface area contributed by atoms with E-state index in [1.807, 2.05) is 44.2 Å². The van der Waals surface area contributed by atoms with Crippen LogP contribution in [-0.4, -0.2) is 17.4 Å². The Kier molecular flexibility index (Phi) is 4.35. The number of aromatic nitrogens is 1. The molecule has 0 atom stereocenters. The van der Waals surface area contributed by atoms with Gasteiger partial charge in [-0.05, 0) is 37.5 Å². The Morgan fingerprint density at radius 3 is 2.60 bits per heavy atom. The first-order valence-electron chi connectivity index (χ1n) is 6.60. The maximum absolute atomic E-state index is 12.0. The molecule has 1 amide bonds. The van der Waals surface area contributed by atoms with Crippen molar-refractivity contribution in [2.75, 3.05) is 6.54 Å². The van der Waals surface area contributed by atoms with Crippen LogP contribution < -0.4 is 10.9 Å². The number of carbonyl (C=O) groups excluding carboxylic acids is 1. The molecule has 0 bridgehead atoms. The van der Waals surface area contributed by atoms with Gasteiger partial charge in [0, 0.05) is 12.2 Å². The number of benzene rings is 1. The van der Waals surface area contributed by atoms with Gasteiger partial charge in [-0.15, -0.1) is 0 Å². The largest absolute Gasteiger partial charge is 0.352 e. The number of aromatic amines is 1. The molecule has 0 saturated carbocycles. The van der Waals surface area contributed by atoms with Crippen molar-refractivity contribution in [2.45, 2.75) is 20.3 Å². The summed E-state index contributed by atoms with van der Waals surface area (Å²) in [5.41, 5.74) is 2.67. The van der Waals surface area contributed by atoms with Gasteiger partial charge in [-0.25, -0.2) is 0 Å². The number of carbonyl (C=O) groups is 1. The highest BCUT2D eigenvalue weighted by atomic mass is 16.2. The summed E-state index contributed by atoms with van der Waals surface area (Å²) in [6.07, 6.45) is 0.745. The molecule has 0 aliphatic carbocycles. The fourth-order valence-corrected chi connectivity index (χ4v) is 1.96. The van der Waals surface area contributed by atoms with Crippen molar-refractivity contribution in [2.24, 2.45) is 0 Å². The van der Waals surface area contributed by atoms with E-state index in [0.29, 0.717) is 6.54 Å². The highest BCUT2D eigenvalue weighted by Crippen LogP contribution is 2.03. The highest BCUT2D eigenvalue weighted by molar-refractivity contribution is 5.94. The predicted molar refractivity (Wildman–Crippen MR) is 79.0 cm³/mol. The zero-order valence-corrected chi connectivity index (χ0v) is 11.7. The number of rotatable bonds is 4. The first-order chi connectivity index (χ1) is 9.58. The van der Waals surface area contributed by atoms with E-state index in [9.17, 15) is 9.59 Å². The van der Waals surface area contributed by atoms with E-state index in [-0.39, 0.29) is 17.0 Å². The second-order valence-corrected chi connectivity index (χ2v) is 4.81. The number of hydrogen-bond acceptors (Lipinski definition) is 2.